The molecule has 1 atom stereocenters. The number of rotatable bonds is 5. The van der Waals surface area contributed by atoms with E-state index in [0.717, 1.165) is 30.4 Å². The van der Waals surface area contributed by atoms with E-state index in [0.29, 0.717) is 0 Å². The Balaban J connectivity index is 2.24. The summed E-state index contributed by atoms with van der Waals surface area (Å²) in [7, 11) is 1.16. The molecule has 2 aromatic rings. The molecule has 7 heteroatoms. The number of amides is 1. The van der Waals surface area contributed by atoms with Gasteiger partial charge in [0.25, 0.3) is 5.91 Å². The van der Waals surface area contributed by atoms with Crippen molar-refractivity contribution in [2.75, 3.05) is 7.11 Å². The molecule has 0 fully saturated rings. The lowest BCUT2D eigenvalue weighted by molar-refractivity contribution is -0.142. The van der Waals surface area contributed by atoms with Gasteiger partial charge in [0.05, 0.1) is 18.2 Å². The third kappa shape index (κ3) is 5.82. The van der Waals surface area contributed by atoms with Gasteiger partial charge in [-0.15, -0.1) is 0 Å². The van der Waals surface area contributed by atoms with Crippen molar-refractivity contribution in [3.05, 3.63) is 70.8 Å². The van der Waals surface area contributed by atoms with Gasteiger partial charge in [0.2, 0.25) is 0 Å². The predicted octanol–water partition coefficient (Wildman–Crippen LogP) is 4.52. The molecule has 0 aliphatic rings. The van der Waals surface area contributed by atoms with Crippen molar-refractivity contribution < 1.29 is 27.5 Å². The van der Waals surface area contributed by atoms with Crippen LogP contribution in [0, 0.1) is 0 Å². The van der Waals surface area contributed by atoms with Gasteiger partial charge < -0.3 is 10.1 Å². The minimum atomic E-state index is -4.68. The minimum Gasteiger partial charge on any atom is -0.467 e. The number of ether oxygens (including phenoxy) is 1. The quantitative estimate of drug-likeness (QED) is 0.742. The third-order valence-corrected chi connectivity index (χ3v) is 4.53. The van der Waals surface area contributed by atoms with Crippen molar-refractivity contribution >= 4 is 11.9 Å². The van der Waals surface area contributed by atoms with Gasteiger partial charge in [-0.05, 0) is 28.7 Å². The zero-order chi connectivity index (χ0) is 21.8. The SMILES string of the molecule is COC(=O)[C@@H](Cc1ccc(C(C)(C)C)cc1)NC(=O)c1ccccc1C(F)(F)F. The number of alkyl halides is 3. The summed E-state index contributed by atoms with van der Waals surface area (Å²) < 4.78 is 44.3. The molecule has 2 rings (SSSR count). The summed E-state index contributed by atoms with van der Waals surface area (Å²) in [4.78, 5) is 24.6. The van der Waals surface area contributed by atoms with Gasteiger partial charge in [-0.2, -0.15) is 13.2 Å². The molecule has 0 saturated carbocycles. The second-order valence-corrected chi connectivity index (χ2v) is 7.74. The van der Waals surface area contributed by atoms with Crippen LogP contribution >= 0.6 is 0 Å². The molecule has 29 heavy (non-hydrogen) atoms. The fourth-order valence-electron chi connectivity index (χ4n) is 2.88. The summed E-state index contributed by atoms with van der Waals surface area (Å²) in [6.07, 6.45) is -4.59. The lowest BCUT2D eigenvalue weighted by atomic mass is 9.86. The molecule has 0 radical (unpaired) electrons. The highest BCUT2D eigenvalue weighted by Crippen LogP contribution is 2.31. The monoisotopic (exact) mass is 407 g/mol. The summed E-state index contributed by atoms with van der Waals surface area (Å²) in [6.45, 7) is 6.20. The summed E-state index contributed by atoms with van der Waals surface area (Å²) in [5.74, 6) is -1.72. The van der Waals surface area contributed by atoms with E-state index in [1.165, 1.54) is 12.1 Å². The van der Waals surface area contributed by atoms with Crippen molar-refractivity contribution in [3.63, 3.8) is 0 Å². The largest absolute Gasteiger partial charge is 0.467 e. The Kier molecular flexibility index (Phi) is 6.72. The fourth-order valence-corrected chi connectivity index (χ4v) is 2.88. The predicted molar refractivity (Wildman–Crippen MR) is 104 cm³/mol. The van der Waals surface area contributed by atoms with Gasteiger partial charge in [0.1, 0.15) is 6.04 Å². The Morgan fingerprint density at radius 3 is 2.10 bits per heavy atom. The van der Waals surface area contributed by atoms with E-state index in [1.54, 1.807) is 0 Å². The Bertz CT molecular complexity index is 868. The van der Waals surface area contributed by atoms with E-state index in [1.807, 2.05) is 24.3 Å². The fraction of sp³-hybridized carbons (Fsp3) is 0.364. The Morgan fingerprint density at radius 2 is 1.59 bits per heavy atom. The molecule has 1 amide bonds. The zero-order valence-electron chi connectivity index (χ0n) is 16.8. The lowest BCUT2D eigenvalue weighted by Crippen LogP contribution is -2.43. The molecule has 0 saturated heterocycles. The molecule has 0 bridgehead atoms. The highest BCUT2D eigenvalue weighted by molar-refractivity contribution is 5.98. The number of carbonyl (C=O) groups is 2. The van der Waals surface area contributed by atoms with Gasteiger partial charge in [-0.3, -0.25) is 4.79 Å². The van der Waals surface area contributed by atoms with Gasteiger partial charge in [-0.25, -0.2) is 4.79 Å². The molecule has 0 heterocycles. The number of hydrogen-bond acceptors (Lipinski definition) is 3. The average molecular weight is 407 g/mol. The van der Waals surface area contributed by atoms with Crippen molar-refractivity contribution in [3.8, 4) is 0 Å². The van der Waals surface area contributed by atoms with Crippen LogP contribution < -0.4 is 5.32 Å². The van der Waals surface area contributed by atoms with Crippen molar-refractivity contribution in [2.45, 2.75) is 44.8 Å². The number of halogens is 3. The number of esters is 1. The first-order valence-corrected chi connectivity index (χ1v) is 9.08. The first-order valence-electron chi connectivity index (χ1n) is 9.08. The maximum Gasteiger partial charge on any atom is 0.417 e. The molecule has 2 aromatic carbocycles. The van der Waals surface area contributed by atoms with Crippen LogP contribution in [0.5, 0.6) is 0 Å². The zero-order valence-corrected chi connectivity index (χ0v) is 16.8. The number of hydrogen-bond donors (Lipinski definition) is 1. The van der Waals surface area contributed by atoms with E-state index >= 15 is 0 Å². The highest BCUT2D eigenvalue weighted by atomic mass is 19.4. The number of methoxy groups -OCH3 is 1. The molecule has 0 spiro atoms. The second-order valence-electron chi connectivity index (χ2n) is 7.74. The number of carbonyl (C=O) groups excluding carboxylic acids is 2. The van der Waals surface area contributed by atoms with Crippen molar-refractivity contribution in [1.82, 2.24) is 5.32 Å². The van der Waals surface area contributed by atoms with Crippen LogP contribution in [-0.2, 0) is 27.5 Å². The van der Waals surface area contributed by atoms with Crippen LogP contribution in [0.1, 0.15) is 47.8 Å². The molecule has 0 aliphatic heterocycles. The van der Waals surface area contributed by atoms with E-state index in [2.05, 4.69) is 26.1 Å². The van der Waals surface area contributed by atoms with E-state index in [4.69, 9.17) is 4.74 Å². The van der Waals surface area contributed by atoms with Gasteiger partial charge in [0, 0.05) is 6.42 Å². The molecule has 4 nitrogen and oxygen atoms in total. The normalized spacial score (nSPS) is 12.9. The standard InChI is InChI=1S/C22H24F3NO3/c1-21(2,3)15-11-9-14(10-12-15)13-18(20(28)29-4)26-19(27)16-7-5-6-8-17(16)22(23,24)25/h5-12,18H,13H2,1-4H3,(H,26,27)/t18-/m1/s1. The topological polar surface area (TPSA) is 55.4 Å². The highest BCUT2D eigenvalue weighted by Gasteiger charge is 2.35. The molecular weight excluding hydrogens is 383 g/mol. The molecular formula is C22H24F3NO3. The number of benzene rings is 2. The summed E-state index contributed by atoms with van der Waals surface area (Å²) in [5.41, 5.74) is 0.194. The third-order valence-electron chi connectivity index (χ3n) is 4.53. The van der Waals surface area contributed by atoms with Gasteiger partial charge in [-0.1, -0.05) is 57.2 Å². The lowest BCUT2D eigenvalue weighted by Gasteiger charge is -2.21. The minimum absolute atomic E-state index is 0.0458. The molecule has 0 aromatic heterocycles. The van der Waals surface area contributed by atoms with Crippen LogP contribution in [0.3, 0.4) is 0 Å². The molecule has 0 aliphatic carbocycles. The molecule has 0 unspecified atom stereocenters. The second kappa shape index (κ2) is 8.68. The van der Waals surface area contributed by atoms with Crippen LogP contribution in [-0.4, -0.2) is 25.0 Å². The van der Waals surface area contributed by atoms with E-state index < -0.39 is 35.2 Å². The smallest absolute Gasteiger partial charge is 0.417 e. The van der Waals surface area contributed by atoms with Crippen molar-refractivity contribution in [1.29, 1.82) is 0 Å². The van der Waals surface area contributed by atoms with E-state index in [-0.39, 0.29) is 11.8 Å². The first kappa shape index (κ1) is 22.5. The van der Waals surface area contributed by atoms with Gasteiger partial charge >= 0.3 is 12.1 Å². The Hall–Kier alpha value is -2.83. The van der Waals surface area contributed by atoms with E-state index in [9.17, 15) is 22.8 Å². The maximum atomic E-state index is 13.2. The van der Waals surface area contributed by atoms with Crippen LogP contribution in [0.25, 0.3) is 0 Å². The van der Waals surface area contributed by atoms with Crippen LogP contribution in [0.2, 0.25) is 0 Å². The summed E-state index contributed by atoms with van der Waals surface area (Å²) in [5, 5.41) is 2.38. The first-order chi connectivity index (χ1) is 13.4. The Morgan fingerprint density at radius 1 is 1.00 bits per heavy atom. The maximum absolute atomic E-state index is 13.2. The Labute approximate surface area is 168 Å². The van der Waals surface area contributed by atoms with Crippen LogP contribution in [0.15, 0.2) is 48.5 Å². The van der Waals surface area contributed by atoms with Crippen LogP contribution in [0.4, 0.5) is 13.2 Å². The molecule has 156 valence electrons. The average Bonchev–Trinajstić information content (AvgIpc) is 2.65. The summed E-state index contributed by atoms with van der Waals surface area (Å²) >= 11 is 0. The summed E-state index contributed by atoms with van der Waals surface area (Å²) in [6, 6.07) is 10.8. The van der Waals surface area contributed by atoms with Gasteiger partial charge in [0.15, 0.2) is 0 Å². The molecule has 1 N–H and O–H groups in total. The number of nitrogens with one attached hydrogen (secondary N) is 1. The van der Waals surface area contributed by atoms with Crippen molar-refractivity contribution in [2.24, 2.45) is 0 Å².